The van der Waals surface area contributed by atoms with Crippen LogP contribution in [0.1, 0.15) is 54.1 Å². The van der Waals surface area contributed by atoms with Crippen LogP contribution in [0.25, 0.3) is 11.3 Å². The lowest BCUT2D eigenvalue weighted by molar-refractivity contribution is 0.101. The van der Waals surface area contributed by atoms with Crippen molar-refractivity contribution in [2.24, 2.45) is 0 Å². The fourth-order valence-corrected chi connectivity index (χ4v) is 3.42. The van der Waals surface area contributed by atoms with E-state index in [2.05, 4.69) is 6.08 Å². The zero-order chi connectivity index (χ0) is 18.0. The molecule has 0 spiro atoms. The van der Waals surface area contributed by atoms with Gasteiger partial charge in [0.05, 0.1) is 7.11 Å². The number of carbonyl (C=O) groups excluding carboxylic acids is 1. The average Bonchev–Trinajstić information content (AvgIpc) is 2.64. The molecule has 2 aromatic rings. The third kappa shape index (κ3) is 3.29. The summed E-state index contributed by atoms with van der Waals surface area (Å²) in [6, 6.07) is 7.26. The number of nitrogens with zero attached hydrogens (tertiary/aromatic N) is 1. The molecule has 0 N–H and O–H groups in total. The predicted molar refractivity (Wildman–Crippen MR) is 99.8 cm³/mol. The van der Waals surface area contributed by atoms with Gasteiger partial charge in [0, 0.05) is 23.0 Å². The molecule has 0 atom stereocenters. The van der Waals surface area contributed by atoms with Crippen LogP contribution in [0.4, 0.5) is 0 Å². The lowest BCUT2D eigenvalue weighted by Gasteiger charge is -2.19. The quantitative estimate of drug-likeness (QED) is 0.781. The van der Waals surface area contributed by atoms with Gasteiger partial charge in [-0.25, -0.2) is 0 Å². The highest BCUT2D eigenvalue weighted by Crippen LogP contribution is 2.31. The number of ether oxygens (including phenoxy) is 1. The summed E-state index contributed by atoms with van der Waals surface area (Å²) in [5.74, 6) is 0.705. The van der Waals surface area contributed by atoms with Gasteiger partial charge in [-0.05, 0) is 74.9 Å². The molecule has 25 heavy (non-hydrogen) atoms. The molecule has 4 nitrogen and oxygen atoms in total. The number of Topliss-reactive ketones (excluding diaryl/α,β-unsaturated/α-hetero) is 1. The Hall–Kier alpha value is -2.62. The van der Waals surface area contributed by atoms with E-state index in [4.69, 9.17) is 4.74 Å². The number of hydrogen-bond donors (Lipinski definition) is 0. The molecule has 1 aromatic heterocycles. The maximum Gasteiger partial charge on any atom is 0.258 e. The summed E-state index contributed by atoms with van der Waals surface area (Å²) in [7, 11) is 1.60. The normalized spacial score (nSPS) is 14.1. The van der Waals surface area contributed by atoms with E-state index in [9.17, 15) is 9.59 Å². The molecule has 130 valence electrons. The zero-order valence-electron chi connectivity index (χ0n) is 15.0. The average molecular weight is 337 g/mol. The second kappa shape index (κ2) is 7.09. The van der Waals surface area contributed by atoms with Crippen LogP contribution < -0.4 is 10.3 Å². The number of aromatic nitrogens is 1. The molecular formula is C21H23NO3. The molecule has 1 aromatic carbocycles. The summed E-state index contributed by atoms with van der Waals surface area (Å²) in [6.07, 6.45) is 8.06. The summed E-state index contributed by atoms with van der Waals surface area (Å²) < 4.78 is 6.72. The molecule has 1 aliphatic rings. The minimum Gasteiger partial charge on any atom is -0.497 e. The van der Waals surface area contributed by atoms with Crippen molar-refractivity contribution in [2.45, 2.75) is 39.5 Å². The third-order valence-electron chi connectivity index (χ3n) is 4.78. The molecule has 1 aliphatic carbocycles. The van der Waals surface area contributed by atoms with Gasteiger partial charge in [-0.1, -0.05) is 6.08 Å². The van der Waals surface area contributed by atoms with Gasteiger partial charge in [-0.15, -0.1) is 0 Å². The standard InChI is InChI=1S/C21H23NO3/c1-14-20(16-7-5-4-6-8-16)19(15(2)23)13-22(21(14)24)17-9-11-18(25-3)12-10-17/h7,9-13H,4-6,8H2,1-3H3. The van der Waals surface area contributed by atoms with Crippen LogP contribution in [-0.2, 0) is 0 Å². The van der Waals surface area contributed by atoms with Crippen LogP contribution in [0.15, 0.2) is 41.3 Å². The van der Waals surface area contributed by atoms with Crippen molar-refractivity contribution < 1.29 is 9.53 Å². The molecule has 0 bridgehead atoms. The van der Waals surface area contributed by atoms with Gasteiger partial charge in [0.25, 0.3) is 5.56 Å². The fraction of sp³-hybridized carbons (Fsp3) is 0.333. The van der Waals surface area contributed by atoms with E-state index in [1.54, 1.807) is 24.8 Å². The lowest BCUT2D eigenvalue weighted by Crippen LogP contribution is -2.24. The molecule has 0 fully saturated rings. The molecule has 0 unspecified atom stereocenters. The van der Waals surface area contributed by atoms with E-state index in [-0.39, 0.29) is 11.3 Å². The van der Waals surface area contributed by atoms with Crippen molar-refractivity contribution in [2.75, 3.05) is 7.11 Å². The van der Waals surface area contributed by atoms with Crippen molar-refractivity contribution in [1.29, 1.82) is 0 Å². The molecule has 3 rings (SSSR count). The highest BCUT2D eigenvalue weighted by Gasteiger charge is 2.20. The number of ketones is 1. The van der Waals surface area contributed by atoms with Crippen LogP contribution in [0.2, 0.25) is 0 Å². The Balaban J connectivity index is 2.20. The van der Waals surface area contributed by atoms with Crippen LogP contribution in [0, 0.1) is 6.92 Å². The second-order valence-corrected chi connectivity index (χ2v) is 6.45. The maximum absolute atomic E-state index is 13.0. The molecule has 0 saturated carbocycles. The van der Waals surface area contributed by atoms with Gasteiger partial charge in [-0.2, -0.15) is 0 Å². The summed E-state index contributed by atoms with van der Waals surface area (Å²) in [4.78, 5) is 25.2. The molecule has 0 radical (unpaired) electrons. The molecule has 1 heterocycles. The molecular weight excluding hydrogens is 314 g/mol. The first kappa shape index (κ1) is 17.2. The van der Waals surface area contributed by atoms with Gasteiger partial charge in [0.1, 0.15) is 5.75 Å². The molecule has 0 saturated heterocycles. The zero-order valence-corrected chi connectivity index (χ0v) is 15.0. The van der Waals surface area contributed by atoms with E-state index in [0.717, 1.165) is 41.8 Å². The number of pyridine rings is 1. The van der Waals surface area contributed by atoms with Crippen molar-refractivity contribution >= 4 is 11.4 Å². The largest absolute Gasteiger partial charge is 0.497 e. The molecule has 0 aliphatic heterocycles. The first-order valence-electron chi connectivity index (χ1n) is 8.64. The van der Waals surface area contributed by atoms with Crippen molar-refractivity contribution in [3.63, 3.8) is 0 Å². The van der Waals surface area contributed by atoms with E-state index >= 15 is 0 Å². The summed E-state index contributed by atoms with van der Waals surface area (Å²) in [5.41, 5.74) is 3.85. The van der Waals surface area contributed by atoms with E-state index < -0.39 is 0 Å². The number of methoxy groups -OCH3 is 1. The minimum absolute atomic E-state index is 0.0214. The molecule has 4 heteroatoms. The maximum atomic E-state index is 13.0. The van der Waals surface area contributed by atoms with Gasteiger partial charge < -0.3 is 4.74 Å². The Labute approximate surface area is 147 Å². The highest BCUT2D eigenvalue weighted by molar-refractivity contribution is 5.99. The van der Waals surface area contributed by atoms with Crippen molar-refractivity contribution in [3.8, 4) is 11.4 Å². The summed E-state index contributed by atoms with van der Waals surface area (Å²) >= 11 is 0. The smallest absolute Gasteiger partial charge is 0.258 e. The number of carbonyl (C=O) groups is 1. The van der Waals surface area contributed by atoms with Crippen LogP contribution in [-0.4, -0.2) is 17.5 Å². The van der Waals surface area contributed by atoms with E-state index in [0.29, 0.717) is 11.1 Å². The van der Waals surface area contributed by atoms with Crippen LogP contribution >= 0.6 is 0 Å². The Morgan fingerprint density at radius 3 is 2.44 bits per heavy atom. The number of benzene rings is 1. The van der Waals surface area contributed by atoms with Crippen LogP contribution in [0.5, 0.6) is 5.75 Å². The van der Waals surface area contributed by atoms with Gasteiger partial charge in [0.2, 0.25) is 0 Å². The van der Waals surface area contributed by atoms with Gasteiger partial charge >= 0.3 is 0 Å². The van der Waals surface area contributed by atoms with Gasteiger partial charge in [0.15, 0.2) is 5.78 Å². The highest BCUT2D eigenvalue weighted by atomic mass is 16.5. The summed E-state index contributed by atoms with van der Waals surface area (Å²) in [5, 5.41) is 0. The predicted octanol–water partition coefficient (Wildman–Crippen LogP) is 4.31. The monoisotopic (exact) mass is 337 g/mol. The fourth-order valence-electron chi connectivity index (χ4n) is 3.42. The first-order chi connectivity index (χ1) is 12.0. The van der Waals surface area contributed by atoms with Crippen LogP contribution in [0.3, 0.4) is 0 Å². The molecule has 0 amide bonds. The Kier molecular flexibility index (Phi) is 4.88. The van der Waals surface area contributed by atoms with Crippen molar-refractivity contribution in [3.05, 3.63) is 63.6 Å². The topological polar surface area (TPSA) is 48.3 Å². The van der Waals surface area contributed by atoms with E-state index in [1.165, 1.54) is 6.42 Å². The SMILES string of the molecule is COc1ccc(-n2cc(C(C)=O)c(C3=CCCCC3)c(C)c2=O)cc1. The number of rotatable bonds is 4. The summed E-state index contributed by atoms with van der Waals surface area (Å²) in [6.45, 7) is 3.38. The first-order valence-corrected chi connectivity index (χ1v) is 8.64. The Morgan fingerprint density at radius 1 is 1.16 bits per heavy atom. The lowest BCUT2D eigenvalue weighted by atomic mass is 9.88. The van der Waals surface area contributed by atoms with E-state index in [1.807, 2.05) is 31.2 Å². The second-order valence-electron chi connectivity index (χ2n) is 6.45. The number of hydrogen-bond acceptors (Lipinski definition) is 3. The van der Waals surface area contributed by atoms with Gasteiger partial charge in [-0.3, -0.25) is 14.2 Å². The number of allylic oxidation sites excluding steroid dienone is 2. The minimum atomic E-state index is -0.0864. The Morgan fingerprint density at radius 2 is 1.88 bits per heavy atom. The third-order valence-corrected chi connectivity index (χ3v) is 4.78. The van der Waals surface area contributed by atoms with Crippen molar-refractivity contribution in [1.82, 2.24) is 4.57 Å². The Bertz CT molecular complexity index is 889.